The van der Waals surface area contributed by atoms with Gasteiger partial charge in [0.25, 0.3) is 10.0 Å². The van der Waals surface area contributed by atoms with Gasteiger partial charge in [0.15, 0.2) is 5.03 Å². The predicted molar refractivity (Wildman–Crippen MR) is 69.5 cm³/mol. The highest BCUT2D eigenvalue weighted by molar-refractivity contribution is 7.89. The number of hydrogen-bond acceptors (Lipinski definition) is 5. The molecule has 2 N–H and O–H groups in total. The Morgan fingerprint density at radius 2 is 2.32 bits per heavy atom. The average molecular weight is 280 g/mol. The minimum absolute atomic E-state index is 0.0769. The SMILES string of the molecule is N#Cc1ccnc(S(=O)(=O)N2CCCC[C@H]2CN)c1. The van der Waals surface area contributed by atoms with Crippen molar-refractivity contribution in [2.24, 2.45) is 5.73 Å². The summed E-state index contributed by atoms with van der Waals surface area (Å²) in [5.74, 6) is 0. The van der Waals surface area contributed by atoms with E-state index in [0.717, 1.165) is 19.3 Å². The molecular formula is C12H16N4O2S. The van der Waals surface area contributed by atoms with Crippen molar-refractivity contribution in [2.75, 3.05) is 13.1 Å². The summed E-state index contributed by atoms with van der Waals surface area (Å²) in [6, 6.07) is 4.53. The van der Waals surface area contributed by atoms with Crippen LogP contribution in [0.15, 0.2) is 23.4 Å². The summed E-state index contributed by atoms with van der Waals surface area (Å²) in [7, 11) is -3.66. The van der Waals surface area contributed by atoms with Crippen LogP contribution in [-0.4, -0.2) is 36.8 Å². The van der Waals surface area contributed by atoms with Crippen LogP contribution in [0, 0.1) is 11.3 Å². The van der Waals surface area contributed by atoms with Crippen LogP contribution in [0.2, 0.25) is 0 Å². The molecule has 0 unspecified atom stereocenters. The molecule has 7 heteroatoms. The van der Waals surface area contributed by atoms with Crippen LogP contribution < -0.4 is 5.73 Å². The third-order valence-electron chi connectivity index (χ3n) is 3.28. The van der Waals surface area contributed by atoms with Crippen molar-refractivity contribution < 1.29 is 8.42 Å². The molecule has 1 aromatic heterocycles. The van der Waals surface area contributed by atoms with Gasteiger partial charge >= 0.3 is 0 Å². The minimum Gasteiger partial charge on any atom is -0.329 e. The van der Waals surface area contributed by atoms with E-state index in [1.165, 1.54) is 22.6 Å². The van der Waals surface area contributed by atoms with Gasteiger partial charge in [-0.15, -0.1) is 0 Å². The van der Waals surface area contributed by atoms with Crippen LogP contribution in [0.1, 0.15) is 24.8 Å². The van der Waals surface area contributed by atoms with Gasteiger partial charge in [-0.25, -0.2) is 13.4 Å². The van der Waals surface area contributed by atoms with Gasteiger partial charge in [-0.3, -0.25) is 0 Å². The Morgan fingerprint density at radius 3 is 3.00 bits per heavy atom. The number of hydrogen-bond donors (Lipinski definition) is 1. The number of nitrogens with zero attached hydrogens (tertiary/aromatic N) is 3. The fourth-order valence-electron chi connectivity index (χ4n) is 2.27. The Kier molecular flexibility index (Phi) is 4.14. The number of nitrogens with two attached hydrogens (primary N) is 1. The highest BCUT2D eigenvalue weighted by atomic mass is 32.2. The summed E-state index contributed by atoms with van der Waals surface area (Å²) < 4.78 is 26.5. The van der Waals surface area contributed by atoms with Gasteiger partial charge in [0.1, 0.15) is 0 Å². The third kappa shape index (κ3) is 2.76. The molecule has 19 heavy (non-hydrogen) atoms. The van der Waals surface area contributed by atoms with E-state index in [4.69, 9.17) is 11.0 Å². The first-order valence-corrected chi connectivity index (χ1v) is 7.61. The van der Waals surface area contributed by atoms with Crippen LogP contribution >= 0.6 is 0 Å². The van der Waals surface area contributed by atoms with E-state index in [1.54, 1.807) is 0 Å². The van der Waals surface area contributed by atoms with Crippen LogP contribution in [0.5, 0.6) is 0 Å². The van der Waals surface area contributed by atoms with Crippen LogP contribution in [0.3, 0.4) is 0 Å². The lowest BCUT2D eigenvalue weighted by molar-refractivity contribution is 0.257. The lowest BCUT2D eigenvalue weighted by Gasteiger charge is -2.33. The zero-order valence-corrected chi connectivity index (χ0v) is 11.3. The summed E-state index contributed by atoms with van der Waals surface area (Å²) in [5.41, 5.74) is 5.93. The highest BCUT2D eigenvalue weighted by Crippen LogP contribution is 2.24. The predicted octanol–water partition coefficient (Wildman–Crippen LogP) is 0.455. The summed E-state index contributed by atoms with van der Waals surface area (Å²) in [5, 5.41) is 8.75. The standard InChI is InChI=1S/C12H16N4O2S/c13-8-10-4-5-15-12(7-10)19(17,18)16-6-2-1-3-11(16)9-14/h4-5,7,11H,1-3,6,9,14H2/t11-/m0/s1. The van der Waals surface area contributed by atoms with E-state index in [-0.39, 0.29) is 16.6 Å². The van der Waals surface area contributed by atoms with Gasteiger partial charge in [0.2, 0.25) is 0 Å². The second-order valence-electron chi connectivity index (χ2n) is 4.50. The van der Waals surface area contributed by atoms with Crippen molar-refractivity contribution in [2.45, 2.75) is 30.3 Å². The lowest BCUT2D eigenvalue weighted by atomic mass is 10.1. The van der Waals surface area contributed by atoms with Crippen molar-refractivity contribution in [1.82, 2.24) is 9.29 Å². The number of aromatic nitrogens is 1. The first-order chi connectivity index (χ1) is 9.09. The number of sulfonamides is 1. The van der Waals surface area contributed by atoms with E-state index in [9.17, 15) is 8.42 Å². The molecule has 0 spiro atoms. The van der Waals surface area contributed by atoms with Crippen molar-refractivity contribution in [3.05, 3.63) is 23.9 Å². The van der Waals surface area contributed by atoms with Crippen molar-refractivity contribution in [1.29, 1.82) is 5.26 Å². The van der Waals surface area contributed by atoms with Gasteiger partial charge in [-0.05, 0) is 25.0 Å². The fraction of sp³-hybridized carbons (Fsp3) is 0.500. The molecular weight excluding hydrogens is 264 g/mol. The number of nitriles is 1. The van der Waals surface area contributed by atoms with Crippen molar-refractivity contribution in [3.8, 4) is 6.07 Å². The third-order valence-corrected chi connectivity index (χ3v) is 5.13. The summed E-state index contributed by atoms with van der Waals surface area (Å²) in [6.07, 6.45) is 3.92. The molecule has 0 amide bonds. The molecule has 2 heterocycles. The average Bonchev–Trinajstić information content (AvgIpc) is 2.47. The monoisotopic (exact) mass is 280 g/mol. The first kappa shape index (κ1) is 13.9. The summed E-state index contributed by atoms with van der Waals surface area (Å²) >= 11 is 0. The molecule has 102 valence electrons. The highest BCUT2D eigenvalue weighted by Gasteiger charge is 2.33. The molecule has 0 aliphatic carbocycles. The molecule has 1 aliphatic rings. The zero-order chi connectivity index (χ0) is 13.9. The smallest absolute Gasteiger partial charge is 0.260 e. The minimum atomic E-state index is -3.66. The molecule has 6 nitrogen and oxygen atoms in total. The molecule has 1 fully saturated rings. The molecule has 2 rings (SSSR count). The molecule has 0 radical (unpaired) electrons. The molecule has 1 aliphatic heterocycles. The van der Waals surface area contributed by atoms with Gasteiger partial charge < -0.3 is 5.73 Å². The normalized spacial score (nSPS) is 20.9. The Hall–Kier alpha value is -1.49. The van der Waals surface area contributed by atoms with Gasteiger partial charge in [0.05, 0.1) is 11.6 Å². The Bertz CT molecular complexity index is 594. The van der Waals surface area contributed by atoms with E-state index in [2.05, 4.69) is 4.98 Å². The Balaban J connectivity index is 2.38. The lowest BCUT2D eigenvalue weighted by Crippen LogP contribution is -2.47. The maximum absolute atomic E-state index is 12.5. The fourth-order valence-corrected chi connectivity index (χ4v) is 3.93. The van der Waals surface area contributed by atoms with Crippen molar-refractivity contribution >= 4 is 10.0 Å². The Labute approximate surface area is 112 Å². The van der Waals surface area contributed by atoms with Crippen LogP contribution in [0.4, 0.5) is 0 Å². The van der Waals surface area contributed by atoms with Crippen LogP contribution in [-0.2, 0) is 10.0 Å². The molecule has 0 bridgehead atoms. The van der Waals surface area contributed by atoms with Gasteiger partial charge in [0, 0.05) is 25.3 Å². The summed E-state index contributed by atoms with van der Waals surface area (Å²) in [6.45, 7) is 0.764. The maximum Gasteiger partial charge on any atom is 0.260 e. The topological polar surface area (TPSA) is 100 Å². The van der Waals surface area contributed by atoms with Gasteiger partial charge in [-0.1, -0.05) is 6.42 Å². The number of pyridine rings is 1. The second-order valence-corrected chi connectivity index (χ2v) is 6.33. The number of rotatable bonds is 3. The molecule has 1 atom stereocenters. The van der Waals surface area contributed by atoms with E-state index in [0.29, 0.717) is 13.1 Å². The second kappa shape index (κ2) is 5.65. The van der Waals surface area contributed by atoms with Crippen molar-refractivity contribution in [3.63, 3.8) is 0 Å². The molecule has 1 saturated heterocycles. The Morgan fingerprint density at radius 1 is 1.53 bits per heavy atom. The van der Waals surface area contributed by atoms with E-state index >= 15 is 0 Å². The van der Waals surface area contributed by atoms with Gasteiger partial charge in [-0.2, -0.15) is 9.57 Å². The molecule has 0 aromatic carbocycles. The first-order valence-electron chi connectivity index (χ1n) is 6.17. The van der Waals surface area contributed by atoms with E-state index in [1.807, 2.05) is 6.07 Å². The van der Waals surface area contributed by atoms with E-state index < -0.39 is 10.0 Å². The quantitative estimate of drug-likeness (QED) is 0.866. The molecule has 1 aromatic rings. The number of piperidine rings is 1. The zero-order valence-electron chi connectivity index (χ0n) is 10.5. The van der Waals surface area contributed by atoms with Crippen LogP contribution in [0.25, 0.3) is 0 Å². The maximum atomic E-state index is 12.5. The summed E-state index contributed by atoms with van der Waals surface area (Å²) in [4.78, 5) is 3.88. The molecule has 0 saturated carbocycles. The largest absolute Gasteiger partial charge is 0.329 e.